The molecular weight excluding hydrogens is 328 g/mol. The molecule has 138 valence electrons. The highest BCUT2D eigenvalue weighted by Gasteiger charge is 2.88. The minimum absolute atomic E-state index is 0.0824. The van der Waals surface area contributed by atoms with Crippen molar-refractivity contribution in [2.75, 3.05) is 13.6 Å². The maximum atomic E-state index is 12.2. The lowest BCUT2D eigenvalue weighted by Crippen LogP contribution is -2.68. The van der Waals surface area contributed by atoms with Gasteiger partial charge in [-0.3, -0.25) is 4.90 Å². The Morgan fingerprint density at radius 1 is 1.31 bits per heavy atom. The van der Waals surface area contributed by atoms with Crippen molar-refractivity contribution >= 4 is 0 Å². The van der Waals surface area contributed by atoms with E-state index in [0.717, 1.165) is 43.7 Å². The number of fused-ring (bicyclic) bond motifs is 1. The Morgan fingerprint density at radius 2 is 2.15 bits per heavy atom. The van der Waals surface area contributed by atoms with Crippen LogP contribution < -0.4 is 10.1 Å². The normalized spacial score (nSPS) is 51.6. The van der Waals surface area contributed by atoms with Gasteiger partial charge < -0.3 is 20.3 Å². The summed E-state index contributed by atoms with van der Waals surface area (Å²) in [6.07, 6.45) is 6.35. The Bertz CT molecular complexity index is 854. The molecule has 7 atom stereocenters. The number of piperidine rings is 1. The van der Waals surface area contributed by atoms with E-state index in [1.807, 2.05) is 7.05 Å². The molecule has 2 spiro atoms. The molecule has 0 amide bonds. The number of aromatic hydroxyl groups is 1. The minimum atomic E-state index is -0.732. The number of aliphatic hydroxyl groups is 1. The third-order valence-corrected chi connectivity index (χ3v) is 8.76. The highest BCUT2D eigenvalue weighted by molar-refractivity contribution is 5.66. The first kappa shape index (κ1) is 14.7. The molecule has 7 rings (SSSR count). The highest BCUT2D eigenvalue weighted by Crippen LogP contribution is 2.77. The van der Waals surface area contributed by atoms with Crippen molar-refractivity contribution in [3.63, 3.8) is 0 Å². The molecule has 26 heavy (non-hydrogen) atoms. The Labute approximate surface area is 153 Å². The molecule has 0 aromatic heterocycles. The second-order valence-corrected chi connectivity index (χ2v) is 9.77. The van der Waals surface area contributed by atoms with Crippen LogP contribution in [0.2, 0.25) is 0 Å². The van der Waals surface area contributed by atoms with Gasteiger partial charge in [0, 0.05) is 23.7 Å². The molecule has 2 aliphatic heterocycles. The van der Waals surface area contributed by atoms with Crippen LogP contribution in [-0.4, -0.2) is 58.0 Å². The average Bonchev–Trinajstić information content (AvgIpc) is 3.49. The molecule has 0 radical (unpaired) electrons. The van der Waals surface area contributed by atoms with Gasteiger partial charge >= 0.3 is 0 Å². The minimum Gasteiger partial charge on any atom is -0.504 e. The van der Waals surface area contributed by atoms with Gasteiger partial charge in [0.1, 0.15) is 6.10 Å². The lowest BCUT2D eigenvalue weighted by Gasteiger charge is -2.53. The van der Waals surface area contributed by atoms with Gasteiger partial charge in [0.2, 0.25) is 0 Å². The van der Waals surface area contributed by atoms with Crippen LogP contribution in [0.15, 0.2) is 12.1 Å². The number of ether oxygens (including phenoxy) is 1. The van der Waals surface area contributed by atoms with Crippen LogP contribution in [0.1, 0.15) is 43.2 Å². The van der Waals surface area contributed by atoms with E-state index in [1.165, 1.54) is 18.4 Å². The zero-order valence-electron chi connectivity index (χ0n) is 15.2. The number of likely N-dealkylation sites (N-methyl/N-ethyl adjacent to an activating group) is 1. The summed E-state index contributed by atoms with van der Waals surface area (Å²) >= 11 is 0. The molecule has 1 aromatic rings. The van der Waals surface area contributed by atoms with Crippen molar-refractivity contribution in [3.05, 3.63) is 23.3 Å². The molecule has 3 N–H and O–H groups in total. The number of phenolic OH excluding ortho intramolecular Hbond substituents is 1. The average molecular weight is 354 g/mol. The largest absolute Gasteiger partial charge is 0.504 e. The van der Waals surface area contributed by atoms with Crippen LogP contribution in [-0.2, 0) is 11.8 Å². The van der Waals surface area contributed by atoms with Crippen molar-refractivity contribution in [2.24, 2.45) is 5.92 Å². The summed E-state index contributed by atoms with van der Waals surface area (Å²) < 4.78 is 6.43. The summed E-state index contributed by atoms with van der Waals surface area (Å²) in [5, 5.41) is 26.1. The van der Waals surface area contributed by atoms with Gasteiger partial charge in [-0.15, -0.1) is 0 Å². The fourth-order valence-corrected chi connectivity index (χ4v) is 7.67. The summed E-state index contributed by atoms with van der Waals surface area (Å²) in [4.78, 5) is 2.64. The van der Waals surface area contributed by atoms with Crippen LogP contribution in [0.5, 0.6) is 11.5 Å². The van der Waals surface area contributed by atoms with Gasteiger partial charge in [-0.2, -0.15) is 0 Å². The number of rotatable bonds is 3. The predicted octanol–water partition coefficient (Wildman–Crippen LogP) is 1.30. The number of benzene rings is 1. The van der Waals surface area contributed by atoms with Crippen LogP contribution in [0.25, 0.3) is 0 Å². The highest BCUT2D eigenvalue weighted by atomic mass is 16.5. The monoisotopic (exact) mass is 354 g/mol. The van der Waals surface area contributed by atoms with Crippen LogP contribution in [0, 0.1) is 5.92 Å². The molecule has 1 aromatic carbocycles. The third-order valence-electron chi connectivity index (χ3n) is 8.76. The van der Waals surface area contributed by atoms with E-state index < -0.39 is 5.60 Å². The number of likely N-dealkylation sites (tertiary alicyclic amines) is 1. The van der Waals surface area contributed by atoms with E-state index in [-0.39, 0.29) is 34.9 Å². The van der Waals surface area contributed by atoms with E-state index in [1.54, 1.807) is 6.07 Å². The van der Waals surface area contributed by atoms with Gasteiger partial charge in [0.05, 0.1) is 17.1 Å². The summed E-state index contributed by atoms with van der Waals surface area (Å²) in [6.45, 7) is 1.16. The zero-order chi connectivity index (χ0) is 17.5. The van der Waals surface area contributed by atoms with Crippen molar-refractivity contribution in [1.29, 1.82) is 0 Å². The molecule has 2 heterocycles. The molecule has 3 saturated carbocycles. The molecule has 6 aliphatic rings. The Kier molecular flexibility index (Phi) is 2.31. The second-order valence-electron chi connectivity index (χ2n) is 9.77. The smallest absolute Gasteiger partial charge is 0.165 e. The Hall–Kier alpha value is -1.30. The molecule has 1 saturated heterocycles. The van der Waals surface area contributed by atoms with Gasteiger partial charge in [-0.05, 0) is 63.1 Å². The predicted molar refractivity (Wildman–Crippen MR) is 95.5 cm³/mol. The first-order chi connectivity index (χ1) is 12.5. The van der Waals surface area contributed by atoms with Gasteiger partial charge in [0.25, 0.3) is 0 Å². The lowest BCUT2D eigenvalue weighted by molar-refractivity contribution is -0.116. The first-order valence-corrected chi connectivity index (χ1v) is 10.2. The fourth-order valence-electron chi connectivity index (χ4n) is 7.67. The number of hydrogen-bond donors (Lipinski definition) is 3. The van der Waals surface area contributed by atoms with E-state index in [0.29, 0.717) is 5.75 Å². The first-order valence-electron chi connectivity index (χ1n) is 10.2. The molecule has 4 aliphatic carbocycles. The standard InChI is InChI=1S/C21H26N2O3/c1-22-13-6-7-21(25)18-19(23(18)9-11-2-3-11)8-12-4-5-14(24)16-15(12)20(21,10-19)17(13)26-16/h4-5,11,13,17-18,22,24-25H,2-3,6-10H2,1H3/t13-,17-,18?,19?,20-,21+,23-/m1/s1. The molecule has 5 heteroatoms. The molecule has 4 fully saturated rings. The van der Waals surface area contributed by atoms with Gasteiger partial charge in [-0.1, -0.05) is 6.07 Å². The summed E-state index contributed by atoms with van der Waals surface area (Å²) in [6, 6.07) is 4.36. The molecule has 2 unspecified atom stereocenters. The van der Waals surface area contributed by atoms with E-state index in [9.17, 15) is 10.2 Å². The Morgan fingerprint density at radius 3 is 2.92 bits per heavy atom. The van der Waals surface area contributed by atoms with Crippen molar-refractivity contribution in [2.45, 2.75) is 73.3 Å². The summed E-state index contributed by atoms with van der Waals surface area (Å²) in [7, 11) is 1.99. The van der Waals surface area contributed by atoms with Gasteiger partial charge in [0.15, 0.2) is 11.5 Å². The van der Waals surface area contributed by atoms with Crippen molar-refractivity contribution in [1.82, 2.24) is 10.2 Å². The Balaban J connectivity index is 1.46. The summed E-state index contributed by atoms with van der Waals surface area (Å²) in [5.74, 6) is 1.73. The van der Waals surface area contributed by atoms with E-state index in [2.05, 4.69) is 16.3 Å². The van der Waals surface area contributed by atoms with Crippen molar-refractivity contribution in [3.8, 4) is 11.5 Å². The van der Waals surface area contributed by atoms with Gasteiger partial charge in [-0.25, -0.2) is 0 Å². The number of phenols is 1. The number of hydrogen-bond acceptors (Lipinski definition) is 5. The topological polar surface area (TPSA) is 64.7 Å². The maximum absolute atomic E-state index is 12.2. The van der Waals surface area contributed by atoms with E-state index >= 15 is 0 Å². The summed E-state index contributed by atoms with van der Waals surface area (Å²) in [5.41, 5.74) is 1.46. The number of nitrogens with zero attached hydrogens (tertiary/aromatic N) is 1. The molecule has 2 bridgehead atoms. The SMILES string of the molecule is CN[C@@H]1CC[C@]2(O)C3[N@@](CC4CC4)C34Cc3ccc(O)c5c3[C@]2(C4)[C@@H]1O5. The van der Waals surface area contributed by atoms with E-state index in [4.69, 9.17) is 4.74 Å². The van der Waals surface area contributed by atoms with Crippen LogP contribution in [0.4, 0.5) is 0 Å². The second kappa shape index (κ2) is 4.08. The maximum Gasteiger partial charge on any atom is 0.165 e. The molecule has 5 nitrogen and oxygen atoms in total. The quantitative estimate of drug-likeness (QED) is 0.714. The fraction of sp³-hybridized carbons (Fsp3) is 0.714. The van der Waals surface area contributed by atoms with Crippen LogP contribution >= 0.6 is 0 Å². The third kappa shape index (κ3) is 1.30. The zero-order valence-corrected chi connectivity index (χ0v) is 15.2. The van der Waals surface area contributed by atoms with Crippen molar-refractivity contribution < 1.29 is 14.9 Å². The van der Waals surface area contributed by atoms with Crippen LogP contribution in [0.3, 0.4) is 0 Å². The molecular formula is C21H26N2O3. The lowest BCUT2D eigenvalue weighted by atomic mass is 9.56. The number of nitrogens with one attached hydrogen (secondary N) is 1.